The van der Waals surface area contributed by atoms with Crippen molar-refractivity contribution in [1.29, 1.82) is 5.26 Å². The molecule has 106 valence electrons. The van der Waals surface area contributed by atoms with E-state index >= 15 is 0 Å². The molecule has 0 unspecified atom stereocenters. The normalized spacial score (nSPS) is 11.2. The molecule has 1 aromatic carbocycles. The van der Waals surface area contributed by atoms with E-state index in [1.54, 1.807) is 6.07 Å². The lowest BCUT2D eigenvalue weighted by Crippen LogP contribution is -2.43. The van der Waals surface area contributed by atoms with Gasteiger partial charge in [-0.15, -0.1) is 0 Å². The van der Waals surface area contributed by atoms with Crippen molar-refractivity contribution in [3.05, 3.63) is 29.6 Å². The van der Waals surface area contributed by atoms with E-state index in [0.29, 0.717) is 0 Å². The lowest BCUT2D eigenvalue weighted by atomic mass is 10.2. The molecule has 0 aliphatic carbocycles. The minimum absolute atomic E-state index is 0.0551. The highest BCUT2D eigenvalue weighted by atomic mass is 19.1. The number of hydrogen-bond donors (Lipinski definition) is 4. The number of rotatable bonds is 5. The third-order valence-electron chi connectivity index (χ3n) is 2.37. The van der Waals surface area contributed by atoms with Crippen LogP contribution in [0.1, 0.15) is 12.0 Å². The molecule has 0 heterocycles. The van der Waals surface area contributed by atoms with Crippen LogP contribution in [-0.4, -0.2) is 34.9 Å². The molecule has 0 aromatic heterocycles. The first-order valence-corrected chi connectivity index (χ1v) is 5.58. The standard InChI is InChI=1S/C12H12FN3O4/c13-8-1-2-9(7(5-8)6-14)15-12(20)16-10(3-4-17)11(18)19/h1-2,5,10,17H,3-4H2,(H,18,19)(H2,15,16,20)/t10-/m1/s1. The number of aliphatic hydroxyl groups is 1. The number of anilines is 1. The molecule has 8 heteroatoms. The maximum absolute atomic E-state index is 12.9. The number of amides is 2. The first kappa shape index (κ1) is 15.4. The van der Waals surface area contributed by atoms with Crippen molar-refractivity contribution in [2.75, 3.05) is 11.9 Å². The molecule has 0 aliphatic rings. The first-order valence-electron chi connectivity index (χ1n) is 5.58. The predicted octanol–water partition coefficient (Wildman–Crippen LogP) is 0.654. The van der Waals surface area contributed by atoms with Crippen LogP contribution in [0.15, 0.2) is 18.2 Å². The molecule has 4 N–H and O–H groups in total. The van der Waals surface area contributed by atoms with Crippen LogP contribution >= 0.6 is 0 Å². The number of nitriles is 1. The largest absolute Gasteiger partial charge is 0.480 e. The Morgan fingerprint density at radius 3 is 2.70 bits per heavy atom. The lowest BCUT2D eigenvalue weighted by Gasteiger charge is -2.14. The highest BCUT2D eigenvalue weighted by Crippen LogP contribution is 2.15. The quantitative estimate of drug-likeness (QED) is 0.631. The second kappa shape index (κ2) is 7.06. The predicted molar refractivity (Wildman–Crippen MR) is 66.4 cm³/mol. The molecule has 7 nitrogen and oxygen atoms in total. The maximum Gasteiger partial charge on any atom is 0.326 e. The van der Waals surface area contributed by atoms with Crippen LogP contribution in [0.5, 0.6) is 0 Å². The van der Waals surface area contributed by atoms with Gasteiger partial charge in [0.2, 0.25) is 0 Å². The van der Waals surface area contributed by atoms with Crippen LogP contribution in [-0.2, 0) is 4.79 Å². The lowest BCUT2D eigenvalue weighted by molar-refractivity contribution is -0.139. The molecule has 0 radical (unpaired) electrons. The topological polar surface area (TPSA) is 122 Å². The van der Waals surface area contributed by atoms with Gasteiger partial charge in [-0.25, -0.2) is 14.0 Å². The average molecular weight is 281 g/mol. The van der Waals surface area contributed by atoms with Gasteiger partial charge in [0.15, 0.2) is 0 Å². The van der Waals surface area contributed by atoms with Crippen molar-refractivity contribution in [2.45, 2.75) is 12.5 Å². The van der Waals surface area contributed by atoms with Gasteiger partial charge in [-0.05, 0) is 18.2 Å². The van der Waals surface area contributed by atoms with Gasteiger partial charge in [-0.2, -0.15) is 5.26 Å². The van der Waals surface area contributed by atoms with Gasteiger partial charge in [-0.3, -0.25) is 0 Å². The zero-order valence-corrected chi connectivity index (χ0v) is 10.3. The van der Waals surface area contributed by atoms with E-state index in [9.17, 15) is 14.0 Å². The number of aliphatic hydroxyl groups excluding tert-OH is 1. The number of carboxylic acids is 1. The van der Waals surface area contributed by atoms with E-state index in [4.69, 9.17) is 15.5 Å². The van der Waals surface area contributed by atoms with Crippen molar-refractivity contribution >= 4 is 17.7 Å². The Kier molecular flexibility index (Phi) is 5.43. The summed E-state index contributed by atoms with van der Waals surface area (Å²) < 4.78 is 12.9. The summed E-state index contributed by atoms with van der Waals surface area (Å²) in [5.74, 6) is -1.93. The Hall–Kier alpha value is -2.66. The Bertz CT molecular complexity index is 556. The first-order chi connectivity index (χ1) is 9.47. The summed E-state index contributed by atoms with van der Waals surface area (Å²) in [6.07, 6.45) is -0.155. The number of urea groups is 1. The third kappa shape index (κ3) is 4.22. The van der Waals surface area contributed by atoms with Crippen LogP contribution in [0.2, 0.25) is 0 Å². The second-order valence-corrected chi connectivity index (χ2v) is 3.80. The number of nitrogens with one attached hydrogen (secondary N) is 2. The second-order valence-electron chi connectivity index (χ2n) is 3.80. The Labute approximate surface area is 113 Å². The minimum Gasteiger partial charge on any atom is -0.480 e. The summed E-state index contributed by atoms with van der Waals surface area (Å²) in [6.45, 7) is -0.406. The van der Waals surface area contributed by atoms with Crippen LogP contribution < -0.4 is 10.6 Å². The monoisotopic (exact) mass is 281 g/mol. The van der Waals surface area contributed by atoms with Crippen LogP contribution in [0.4, 0.5) is 14.9 Å². The van der Waals surface area contributed by atoms with Crippen LogP contribution in [0, 0.1) is 17.1 Å². The molecule has 1 aromatic rings. The van der Waals surface area contributed by atoms with Crippen molar-refractivity contribution < 1.29 is 24.2 Å². The molecule has 0 fully saturated rings. The fourth-order valence-electron chi connectivity index (χ4n) is 1.42. The molecule has 0 spiro atoms. The molecule has 2 amide bonds. The van der Waals surface area contributed by atoms with E-state index in [1.165, 1.54) is 6.07 Å². The average Bonchev–Trinajstić information content (AvgIpc) is 2.40. The summed E-state index contributed by atoms with van der Waals surface area (Å²) in [5, 5.41) is 30.6. The van der Waals surface area contributed by atoms with E-state index in [2.05, 4.69) is 10.6 Å². The highest BCUT2D eigenvalue weighted by molar-refractivity contribution is 5.93. The van der Waals surface area contributed by atoms with Gasteiger partial charge in [-0.1, -0.05) is 0 Å². The summed E-state index contributed by atoms with van der Waals surface area (Å²) in [7, 11) is 0. The molecule has 0 saturated carbocycles. The Morgan fingerprint density at radius 1 is 1.45 bits per heavy atom. The molecule has 1 rings (SSSR count). The van der Waals surface area contributed by atoms with Gasteiger partial charge < -0.3 is 20.8 Å². The summed E-state index contributed by atoms with van der Waals surface area (Å²) in [5.41, 5.74) is -0.0336. The number of halogens is 1. The number of nitrogens with zero attached hydrogens (tertiary/aromatic N) is 1. The molecule has 0 saturated heterocycles. The fourth-order valence-corrected chi connectivity index (χ4v) is 1.42. The van der Waals surface area contributed by atoms with Crippen molar-refractivity contribution in [3.63, 3.8) is 0 Å². The van der Waals surface area contributed by atoms with Gasteiger partial charge in [0, 0.05) is 13.0 Å². The third-order valence-corrected chi connectivity index (χ3v) is 2.37. The summed E-state index contributed by atoms with van der Waals surface area (Å²) in [4.78, 5) is 22.4. The zero-order chi connectivity index (χ0) is 15.1. The number of carbonyl (C=O) groups excluding carboxylic acids is 1. The van der Waals surface area contributed by atoms with Crippen molar-refractivity contribution in [3.8, 4) is 6.07 Å². The van der Waals surface area contributed by atoms with Gasteiger partial charge in [0.25, 0.3) is 0 Å². The summed E-state index contributed by atoms with van der Waals surface area (Å²) >= 11 is 0. The van der Waals surface area contributed by atoms with E-state index in [-0.39, 0.29) is 17.7 Å². The van der Waals surface area contributed by atoms with Crippen LogP contribution in [0.25, 0.3) is 0 Å². The SMILES string of the molecule is N#Cc1cc(F)ccc1NC(=O)N[C@H](CCO)C(=O)O. The number of carboxylic acid groups (broad SMARTS) is 1. The van der Waals surface area contributed by atoms with Crippen molar-refractivity contribution in [1.82, 2.24) is 5.32 Å². The number of hydrogen-bond acceptors (Lipinski definition) is 4. The highest BCUT2D eigenvalue weighted by Gasteiger charge is 2.19. The zero-order valence-electron chi connectivity index (χ0n) is 10.3. The maximum atomic E-state index is 12.9. The summed E-state index contributed by atoms with van der Waals surface area (Å²) in [6, 6.07) is 2.77. The van der Waals surface area contributed by atoms with Crippen molar-refractivity contribution in [2.24, 2.45) is 0 Å². The van der Waals surface area contributed by atoms with E-state index in [0.717, 1.165) is 12.1 Å². The molecule has 1 atom stereocenters. The molecule has 0 aliphatic heterocycles. The van der Waals surface area contributed by atoms with Gasteiger partial charge in [0.05, 0.1) is 11.3 Å². The van der Waals surface area contributed by atoms with E-state index < -0.39 is 30.5 Å². The Morgan fingerprint density at radius 2 is 2.15 bits per heavy atom. The minimum atomic E-state index is -1.30. The number of benzene rings is 1. The fraction of sp³-hybridized carbons (Fsp3) is 0.250. The molecule has 0 bridgehead atoms. The van der Waals surface area contributed by atoms with Gasteiger partial charge in [0.1, 0.15) is 17.9 Å². The molecular weight excluding hydrogens is 269 g/mol. The number of carbonyl (C=O) groups is 2. The Balaban J connectivity index is 2.76. The van der Waals surface area contributed by atoms with Gasteiger partial charge >= 0.3 is 12.0 Å². The van der Waals surface area contributed by atoms with Crippen LogP contribution in [0.3, 0.4) is 0 Å². The number of aliphatic carboxylic acids is 1. The molecule has 20 heavy (non-hydrogen) atoms. The van der Waals surface area contributed by atoms with E-state index in [1.807, 2.05) is 0 Å². The molecular formula is C12H12FN3O4. The smallest absolute Gasteiger partial charge is 0.326 e.